The Morgan fingerprint density at radius 2 is 1.90 bits per heavy atom. The van der Waals surface area contributed by atoms with Crippen molar-refractivity contribution in [1.29, 1.82) is 0 Å². The van der Waals surface area contributed by atoms with Crippen molar-refractivity contribution in [2.75, 3.05) is 0 Å². The first-order chi connectivity index (χ1) is 10.0. The fourth-order valence-electron chi connectivity index (χ4n) is 2.02. The summed E-state index contributed by atoms with van der Waals surface area (Å²) < 4.78 is 0. The molecule has 1 aromatic heterocycles. The minimum atomic E-state index is -0.952. The lowest BCUT2D eigenvalue weighted by molar-refractivity contribution is 0.0696. The maximum Gasteiger partial charge on any atom is 0.335 e. The predicted octanol–water partition coefficient (Wildman–Crippen LogP) is 3.25. The van der Waals surface area contributed by atoms with Gasteiger partial charge in [0.2, 0.25) is 0 Å². The molecule has 0 atom stereocenters. The van der Waals surface area contributed by atoms with Gasteiger partial charge in [-0.2, -0.15) is 0 Å². The number of carbonyl (C=O) groups is 2. The Kier molecular flexibility index (Phi) is 4.75. The van der Waals surface area contributed by atoms with Crippen LogP contribution in [0.1, 0.15) is 43.0 Å². The molecule has 0 unspecified atom stereocenters. The quantitative estimate of drug-likeness (QED) is 0.891. The molecule has 0 aliphatic carbocycles. The van der Waals surface area contributed by atoms with Crippen LogP contribution in [-0.4, -0.2) is 17.0 Å². The molecule has 0 saturated heterocycles. The molecule has 4 nitrogen and oxygen atoms in total. The molecular formula is C16H17NO3S. The highest BCUT2D eigenvalue weighted by Crippen LogP contribution is 2.22. The number of carboxylic acids is 1. The Balaban J connectivity index is 1.98. The Morgan fingerprint density at radius 1 is 1.24 bits per heavy atom. The number of carboxylic acid groups (broad SMARTS) is 1. The van der Waals surface area contributed by atoms with Gasteiger partial charge in [-0.05, 0) is 42.7 Å². The van der Waals surface area contributed by atoms with Crippen LogP contribution in [0.5, 0.6) is 0 Å². The van der Waals surface area contributed by atoms with Gasteiger partial charge in [0.25, 0.3) is 5.91 Å². The molecule has 0 fully saturated rings. The van der Waals surface area contributed by atoms with E-state index < -0.39 is 5.97 Å². The minimum Gasteiger partial charge on any atom is -0.478 e. The van der Waals surface area contributed by atoms with Crippen LogP contribution in [0.2, 0.25) is 0 Å². The zero-order chi connectivity index (χ0) is 15.4. The van der Waals surface area contributed by atoms with Crippen LogP contribution in [-0.2, 0) is 13.0 Å². The maximum absolute atomic E-state index is 12.1. The molecule has 21 heavy (non-hydrogen) atoms. The van der Waals surface area contributed by atoms with Gasteiger partial charge >= 0.3 is 5.97 Å². The normalized spacial score (nSPS) is 10.4. The van der Waals surface area contributed by atoms with E-state index in [4.69, 9.17) is 5.11 Å². The fraction of sp³-hybridized carbons (Fsp3) is 0.250. The van der Waals surface area contributed by atoms with E-state index in [2.05, 4.69) is 12.2 Å². The van der Waals surface area contributed by atoms with E-state index in [-0.39, 0.29) is 11.5 Å². The third-order valence-electron chi connectivity index (χ3n) is 3.22. The topological polar surface area (TPSA) is 66.4 Å². The van der Waals surface area contributed by atoms with Crippen LogP contribution in [0.3, 0.4) is 0 Å². The molecule has 0 saturated carbocycles. The first kappa shape index (κ1) is 15.3. The van der Waals surface area contributed by atoms with Gasteiger partial charge in [-0.3, -0.25) is 4.79 Å². The van der Waals surface area contributed by atoms with Crippen LogP contribution < -0.4 is 5.32 Å². The van der Waals surface area contributed by atoms with Gasteiger partial charge in [0.1, 0.15) is 0 Å². The molecule has 0 radical (unpaired) electrons. The van der Waals surface area contributed by atoms with E-state index >= 15 is 0 Å². The van der Waals surface area contributed by atoms with E-state index in [0.717, 1.165) is 17.5 Å². The summed E-state index contributed by atoms with van der Waals surface area (Å²) in [6.45, 7) is 4.47. The zero-order valence-electron chi connectivity index (χ0n) is 12.0. The second-order valence-electron chi connectivity index (χ2n) is 4.76. The van der Waals surface area contributed by atoms with Crippen molar-refractivity contribution in [3.05, 3.63) is 56.8 Å². The van der Waals surface area contributed by atoms with Gasteiger partial charge in [-0.1, -0.05) is 19.1 Å². The number of thiophene rings is 1. The molecule has 5 heteroatoms. The van der Waals surface area contributed by atoms with Crippen molar-refractivity contribution < 1.29 is 14.7 Å². The average Bonchev–Trinajstić information content (AvgIpc) is 2.86. The van der Waals surface area contributed by atoms with E-state index in [0.29, 0.717) is 11.4 Å². The number of aromatic carboxylic acids is 1. The van der Waals surface area contributed by atoms with Gasteiger partial charge in [0.05, 0.1) is 10.4 Å². The molecule has 1 heterocycles. The molecule has 0 bridgehead atoms. The number of rotatable bonds is 5. The van der Waals surface area contributed by atoms with Gasteiger partial charge < -0.3 is 10.4 Å². The van der Waals surface area contributed by atoms with Crippen LogP contribution in [0.15, 0.2) is 30.3 Å². The summed E-state index contributed by atoms with van der Waals surface area (Å²) in [5.74, 6) is -1.04. The summed E-state index contributed by atoms with van der Waals surface area (Å²) in [5.41, 5.74) is 2.27. The summed E-state index contributed by atoms with van der Waals surface area (Å²) in [6.07, 6.45) is 0.931. The minimum absolute atomic E-state index is 0.0925. The molecular weight excluding hydrogens is 286 g/mol. The lowest BCUT2D eigenvalue weighted by Crippen LogP contribution is -2.21. The molecule has 110 valence electrons. The zero-order valence-corrected chi connectivity index (χ0v) is 12.8. The summed E-state index contributed by atoms with van der Waals surface area (Å²) >= 11 is 1.52. The highest BCUT2D eigenvalue weighted by molar-refractivity contribution is 7.14. The SMILES string of the molecule is CCc1sc(C(=O)NCc2ccc(C(=O)O)cc2)cc1C. The van der Waals surface area contributed by atoms with Crippen LogP contribution in [0.25, 0.3) is 0 Å². The average molecular weight is 303 g/mol. The third-order valence-corrected chi connectivity index (χ3v) is 4.60. The number of nitrogens with one attached hydrogen (secondary N) is 1. The Labute approximate surface area is 127 Å². The smallest absolute Gasteiger partial charge is 0.335 e. The van der Waals surface area contributed by atoms with Gasteiger partial charge in [0.15, 0.2) is 0 Å². The molecule has 2 N–H and O–H groups in total. The number of hydrogen-bond acceptors (Lipinski definition) is 3. The largest absolute Gasteiger partial charge is 0.478 e. The Morgan fingerprint density at radius 3 is 2.43 bits per heavy atom. The van der Waals surface area contributed by atoms with E-state index in [1.54, 1.807) is 12.1 Å². The monoisotopic (exact) mass is 303 g/mol. The molecule has 0 aliphatic rings. The molecule has 1 amide bonds. The first-order valence-corrected chi connectivity index (χ1v) is 7.52. The molecule has 0 aliphatic heterocycles. The van der Waals surface area contributed by atoms with Crippen LogP contribution in [0.4, 0.5) is 0 Å². The molecule has 2 rings (SSSR count). The first-order valence-electron chi connectivity index (χ1n) is 6.71. The second-order valence-corrected chi connectivity index (χ2v) is 5.89. The van der Waals surface area contributed by atoms with E-state index in [1.165, 1.54) is 28.3 Å². The third kappa shape index (κ3) is 3.70. The van der Waals surface area contributed by atoms with Crippen LogP contribution >= 0.6 is 11.3 Å². The number of benzene rings is 1. The number of carbonyl (C=O) groups excluding carboxylic acids is 1. The lowest BCUT2D eigenvalue weighted by Gasteiger charge is -2.04. The Bertz CT molecular complexity index is 659. The summed E-state index contributed by atoms with van der Waals surface area (Å²) in [5, 5.41) is 11.7. The van der Waals surface area contributed by atoms with Crippen molar-refractivity contribution in [2.45, 2.75) is 26.8 Å². The highest BCUT2D eigenvalue weighted by atomic mass is 32.1. The summed E-state index contributed by atoms with van der Waals surface area (Å²) in [4.78, 5) is 24.8. The van der Waals surface area contributed by atoms with Crippen molar-refractivity contribution in [2.24, 2.45) is 0 Å². The van der Waals surface area contributed by atoms with Crippen LogP contribution in [0, 0.1) is 6.92 Å². The summed E-state index contributed by atoms with van der Waals surface area (Å²) in [6, 6.07) is 8.40. The lowest BCUT2D eigenvalue weighted by atomic mass is 10.1. The van der Waals surface area contributed by atoms with Gasteiger partial charge in [-0.15, -0.1) is 11.3 Å². The maximum atomic E-state index is 12.1. The number of hydrogen-bond donors (Lipinski definition) is 2. The van der Waals surface area contributed by atoms with Crippen molar-refractivity contribution in [3.8, 4) is 0 Å². The molecule has 2 aromatic rings. The van der Waals surface area contributed by atoms with Crippen molar-refractivity contribution in [1.82, 2.24) is 5.32 Å². The summed E-state index contributed by atoms with van der Waals surface area (Å²) in [7, 11) is 0. The van der Waals surface area contributed by atoms with Gasteiger partial charge in [-0.25, -0.2) is 4.79 Å². The highest BCUT2D eigenvalue weighted by Gasteiger charge is 2.11. The van der Waals surface area contributed by atoms with Crippen molar-refractivity contribution >= 4 is 23.2 Å². The standard InChI is InChI=1S/C16H17NO3S/c1-3-13-10(2)8-14(21-13)15(18)17-9-11-4-6-12(7-5-11)16(19)20/h4-8H,3,9H2,1-2H3,(H,17,18)(H,19,20). The van der Waals surface area contributed by atoms with E-state index in [9.17, 15) is 9.59 Å². The molecule has 0 spiro atoms. The number of amides is 1. The van der Waals surface area contributed by atoms with Gasteiger partial charge in [0, 0.05) is 11.4 Å². The number of aryl methyl sites for hydroxylation is 2. The second kappa shape index (κ2) is 6.54. The van der Waals surface area contributed by atoms with E-state index in [1.807, 2.05) is 13.0 Å². The predicted molar refractivity (Wildman–Crippen MR) is 83.0 cm³/mol. The fourth-order valence-corrected chi connectivity index (χ4v) is 3.05. The molecule has 1 aromatic carbocycles. The van der Waals surface area contributed by atoms with Crippen molar-refractivity contribution in [3.63, 3.8) is 0 Å². The Hall–Kier alpha value is -2.14.